The Morgan fingerprint density at radius 1 is 0.565 bits per heavy atom. The van der Waals surface area contributed by atoms with Gasteiger partial charge in [0.25, 0.3) is 19.4 Å². The first-order valence-electron chi connectivity index (χ1n) is 22.6. The Hall–Kier alpha value is -4.06. The molecule has 0 spiro atoms. The molecule has 69 heavy (non-hydrogen) atoms. The minimum atomic E-state index is -3.72. The third-order valence-electron chi connectivity index (χ3n) is 10.4. The van der Waals surface area contributed by atoms with Crippen LogP contribution in [-0.2, 0) is 63.0 Å². The molecule has 0 unspecified atom stereocenters. The number of amides is 2. The Balaban J connectivity index is 0.000000371. The number of nitrogens with one attached hydrogen (secondary N) is 3. The second-order valence-corrected chi connectivity index (χ2v) is 22.7. The maximum atomic E-state index is 13.4. The van der Waals surface area contributed by atoms with Crippen molar-refractivity contribution in [3.8, 4) is 0 Å². The van der Waals surface area contributed by atoms with Crippen molar-refractivity contribution in [2.75, 3.05) is 79.2 Å². The Morgan fingerprint density at radius 2 is 0.928 bits per heavy atom. The lowest BCUT2D eigenvalue weighted by Crippen LogP contribution is -2.38. The van der Waals surface area contributed by atoms with E-state index < -0.39 is 27.7 Å². The topological polar surface area (TPSA) is 238 Å². The maximum Gasteiger partial charge on any atom is 0.317 e. The van der Waals surface area contributed by atoms with E-state index in [4.69, 9.17) is 30.6 Å². The molecule has 2 heterocycles. The van der Waals surface area contributed by atoms with Crippen molar-refractivity contribution in [1.82, 2.24) is 19.2 Å². The third kappa shape index (κ3) is 21.5. The number of carbonyl (C=O) groups excluding carboxylic acids is 2. The van der Waals surface area contributed by atoms with E-state index in [2.05, 4.69) is 60.5 Å². The number of carbonyl (C=O) groups is 2. The van der Waals surface area contributed by atoms with E-state index in [-0.39, 0.29) is 11.8 Å². The number of halogens is 3. The summed E-state index contributed by atoms with van der Waals surface area (Å²) in [5.41, 5.74) is 20.0. The second kappa shape index (κ2) is 30.0. The number of anilines is 6. The van der Waals surface area contributed by atoms with Crippen LogP contribution in [0.15, 0.2) is 84.9 Å². The van der Waals surface area contributed by atoms with Gasteiger partial charge in [0.15, 0.2) is 0 Å². The number of hydrogen-bond acceptors (Lipinski definition) is 12. The zero-order valence-corrected chi connectivity index (χ0v) is 45.1. The first-order valence-corrected chi connectivity index (χ1v) is 29.5. The molecule has 384 valence electrons. The molecule has 0 saturated heterocycles. The zero-order valence-electron chi connectivity index (χ0n) is 40.3. The van der Waals surface area contributed by atoms with Crippen LogP contribution >= 0.6 is 32.0 Å². The van der Waals surface area contributed by atoms with Crippen molar-refractivity contribution >= 4 is 106 Å². The highest BCUT2D eigenvalue weighted by molar-refractivity contribution is 8.31. The molecule has 0 radical (unpaired) electrons. The van der Waals surface area contributed by atoms with E-state index in [1.165, 1.54) is 11.1 Å². The fraction of sp³-hybridized carbons (Fsp3) is 0.435. The van der Waals surface area contributed by atoms with Crippen LogP contribution in [0, 0.1) is 0 Å². The Labute approximate surface area is 423 Å². The molecule has 0 fully saturated rings. The van der Waals surface area contributed by atoms with E-state index >= 15 is 0 Å². The minimum Gasteiger partial charge on any atom is -0.399 e. The Bertz CT molecular complexity index is 2600. The average Bonchev–Trinajstić information content (AvgIpc) is 3.54. The Morgan fingerprint density at radius 3 is 1.29 bits per heavy atom. The molecule has 6 rings (SSSR count). The highest BCUT2D eigenvalue weighted by Crippen LogP contribution is 2.39. The summed E-state index contributed by atoms with van der Waals surface area (Å²) in [5.74, 6) is 0.0703. The molecular weight excluding hydrogens is 1010 g/mol. The molecule has 0 atom stereocenters. The number of nitrogens with zero attached hydrogens (tertiary/aromatic N) is 4. The van der Waals surface area contributed by atoms with Gasteiger partial charge in [0.05, 0.1) is 41.5 Å². The Kier molecular flexibility index (Phi) is 26.5. The third-order valence-corrected chi connectivity index (χ3v) is 12.5. The monoisotopic (exact) mass is 1080 g/mol. The number of likely N-dealkylation sites (N-methyl/N-ethyl adjacent to an activating group) is 2. The average molecular weight is 1080 g/mol. The SMILES string of the molecule is CCN.CCN(CC)CC(=O)N1c2ccccc2CCc2ccc(N)cc21.CCNS(=O)(=O)Cl.CCNS(=O)(=O)Nc1ccc2c(c1)N(C(=O)CN(CC)CC)c1ccccc1CC2.O=S(=O)(Cl)Cl. The summed E-state index contributed by atoms with van der Waals surface area (Å²) < 4.78 is 69.4. The van der Waals surface area contributed by atoms with Gasteiger partial charge >= 0.3 is 8.26 Å². The van der Waals surface area contributed by atoms with Gasteiger partial charge in [-0.1, -0.05) is 97.0 Å². The highest BCUT2D eigenvalue weighted by Gasteiger charge is 2.29. The van der Waals surface area contributed by atoms with Crippen LogP contribution in [0.25, 0.3) is 0 Å². The largest absolute Gasteiger partial charge is 0.399 e. The maximum absolute atomic E-state index is 13.4. The van der Waals surface area contributed by atoms with Gasteiger partial charge in [-0.2, -0.15) is 30.0 Å². The van der Waals surface area contributed by atoms with Gasteiger partial charge in [0.2, 0.25) is 11.8 Å². The summed E-state index contributed by atoms with van der Waals surface area (Å²) in [6.45, 7) is 18.9. The zero-order chi connectivity index (χ0) is 52.0. The molecule has 2 aliphatic rings. The predicted octanol–water partition coefficient (Wildman–Crippen LogP) is 7.19. The van der Waals surface area contributed by atoms with Crippen LogP contribution in [0.5, 0.6) is 0 Å². The number of nitrogens with two attached hydrogens (primary N) is 2. The van der Waals surface area contributed by atoms with Gasteiger partial charge in [0.1, 0.15) is 0 Å². The number of para-hydroxylation sites is 2. The lowest BCUT2D eigenvalue weighted by atomic mass is 10.0. The normalized spacial score (nSPS) is 12.8. The van der Waals surface area contributed by atoms with Gasteiger partial charge in [0, 0.05) is 50.8 Å². The molecule has 17 nitrogen and oxygen atoms in total. The number of hydrogen-bond donors (Lipinski definition) is 5. The molecule has 4 aromatic rings. The van der Waals surface area contributed by atoms with E-state index in [0.717, 1.165) is 92.3 Å². The summed E-state index contributed by atoms with van der Waals surface area (Å²) in [6.07, 6.45) is 3.45. The van der Waals surface area contributed by atoms with Gasteiger partial charge in [-0.05, 0) is 117 Å². The number of fused-ring (bicyclic) bond motifs is 4. The van der Waals surface area contributed by atoms with Crippen molar-refractivity contribution in [3.63, 3.8) is 0 Å². The standard InChI is InChI=1S/C22H30N4O3S.C20H25N3O.C2H6ClNO2S.C2H7N.Cl2O2S/c1-4-23-30(28,29)24-19-14-13-18-12-11-17-9-7-8-10-20(17)26(21(18)15-19)22(27)16-25(5-2)6-3;1-3-22(4-2)14-20(24)23-18-8-6-5-7-15(18)9-10-16-11-12-17(21)13-19(16)23;1-2-4-7(3,5)6;1-2-3;1-5(2,3)4/h7-10,13-15,23-24H,4-6,11-12,16H2,1-3H3;5-8,11-13H,3-4,9-10,14,21H2,1-2H3;4H,2H2,1H3;2-3H2,1H3;. The highest BCUT2D eigenvalue weighted by atomic mass is 36.0. The van der Waals surface area contributed by atoms with Crippen LogP contribution < -0.4 is 35.4 Å². The fourth-order valence-corrected chi connectivity index (χ4v) is 8.80. The smallest absolute Gasteiger partial charge is 0.317 e. The van der Waals surface area contributed by atoms with Gasteiger partial charge in [-0.15, -0.1) is 0 Å². The van der Waals surface area contributed by atoms with Gasteiger partial charge < -0.3 is 11.5 Å². The first-order chi connectivity index (χ1) is 32.5. The lowest BCUT2D eigenvalue weighted by Gasteiger charge is -2.28. The number of nitrogen functional groups attached to an aromatic ring is 1. The molecule has 2 amide bonds. The van der Waals surface area contributed by atoms with Crippen molar-refractivity contribution < 1.29 is 34.8 Å². The summed E-state index contributed by atoms with van der Waals surface area (Å²) in [4.78, 5) is 34.4. The number of benzene rings is 4. The van der Waals surface area contributed by atoms with Crippen molar-refractivity contribution in [2.45, 2.75) is 74.1 Å². The molecule has 4 aromatic carbocycles. The minimum absolute atomic E-state index is 0.0269. The van der Waals surface area contributed by atoms with E-state index in [1.54, 1.807) is 30.9 Å². The van der Waals surface area contributed by atoms with E-state index in [1.807, 2.05) is 97.1 Å². The molecule has 0 aromatic heterocycles. The van der Waals surface area contributed by atoms with Crippen LogP contribution in [0.3, 0.4) is 0 Å². The quantitative estimate of drug-likeness (QED) is 0.0624. The molecule has 23 heteroatoms. The van der Waals surface area contributed by atoms with Crippen molar-refractivity contribution in [2.24, 2.45) is 5.73 Å². The van der Waals surface area contributed by atoms with Crippen LogP contribution in [0.2, 0.25) is 0 Å². The van der Waals surface area contributed by atoms with Crippen LogP contribution in [0.1, 0.15) is 70.7 Å². The molecule has 0 aliphatic carbocycles. The second-order valence-electron chi connectivity index (χ2n) is 15.2. The molecular formula is C46H68Cl3N9O8S3. The van der Waals surface area contributed by atoms with Crippen molar-refractivity contribution in [1.29, 1.82) is 0 Å². The summed E-state index contributed by atoms with van der Waals surface area (Å²) in [7, 11) is 2.40. The molecule has 0 saturated carbocycles. The first kappa shape index (κ1) is 61.1. The summed E-state index contributed by atoms with van der Waals surface area (Å²) >= 11 is 0. The van der Waals surface area contributed by atoms with Gasteiger partial charge in [-0.3, -0.25) is 33.9 Å². The predicted molar refractivity (Wildman–Crippen MR) is 285 cm³/mol. The molecule has 0 bridgehead atoms. The van der Waals surface area contributed by atoms with Crippen LogP contribution in [0.4, 0.5) is 34.1 Å². The molecule has 2 aliphatic heterocycles. The van der Waals surface area contributed by atoms with Crippen molar-refractivity contribution in [3.05, 3.63) is 107 Å². The lowest BCUT2D eigenvalue weighted by molar-refractivity contribution is -0.119. The fourth-order valence-electron chi connectivity index (χ4n) is 7.24. The van der Waals surface area contributed by atoms with Gasteiger partial charge in [-0.25, -0.2) is 4.72 Å². The summed E-state index contributed by atoms with van der Waals surface area (Å²) in [5, 5.41) is 0. The van der Waals surface area contributed by atoms with Crippen LogP contribution in [-0.4, -0.2) is 106 Å². The van der Waals surface area contributed by atoms with E-state index in [0.29, 0.717) is 37.6 Å². The van der Waals surface area contributed by atoms with E-state index in [9.17, 15) is 26.4 Å². The number of aryl methyl sites for hydroxylation is 4. The summed E-state index contributed by atoms with van der Waals surface area (Å²) in [6, 6.07) is 27.4. The molecule has 7 N–H and O–H groups in total. The number of rotatable bonds is 14.